The van der Waals surface area contributed by atoms with Gasteiger partial charge in [0.25, 0.3) is 0 Å². The van der Waals surface area contributed by atoms with E-state index in [2.05, 4.69) is 61.5 Å². The van der Waals surface area contributed by atoms with Crippen molar-refractivity contribution in [1.82, 2.24) is 4.90 Å². The molecule has 1 aliphatic rings. The van der Waals surface area contributed by atoms with E-state index >= 15 is 0 Å². The molecular formula is C21H24ClNO. The number of rotatable bonds is 4. The maximum Gasteiger partial charge on any atom is 0.128 e. The predicted molar refractivity (Wildman–Crippen MR) is 102 cm³/mol. The van der Waals surface area contributed by atoms with Gasteiger partial charge in [-0.1, -0.05) is 48.0 Å². The highest BCUT2D eigenvalue weighted by Crippen LogP contribution is 2.42. The van der Waals surface area contributed by atoms with Gasteiger partial charge in [0.15, 0.2) is 0 Å². The monoisotopic (exact) mass is 341 g/mol. The Morgan fingerprint density at radius 1 is 1.17 bits per heavy atom. The van der Waals surface area contributed by atoms with Gasteiger partial charge in [0.1, 0.15) is 5.75 Å². The Bertz CT molecular complexity index is 709. The van der Waals surface area contributed by atoms with Crippen LogP contribution in [0.4, 0.5) is 0 Å². The van der Waals surface area contributed by atoms with E-state index in [0.29, 0.717) is 12.5 Å². The highest BCUT2D eigenvalue weighted by atomic mass is 35.5. The number of allylic oxidation sites excluding steroid dienone is 1. The Hall–Kier alpha value is -1.77. The maximum absolute atomic E-state index is 6.17. The van der Waals surface area contributed by atoms with E-state index < -0.39 is 0 Å². The van der Waals surface area contributed by atoms with Crippen molar-refractivity contribution in [3.05, 3.63) is 70.8 Å². The number of ether oxygens (including phenoxy) is 1. The summed E-state index contributed by atoms with van der Waals surface area (Å²) in [7, 11) is 4.22. The standard InChI is InChI=1S/C21H24ClNO/c1-23(2)13-6-9-19-18(16-7-4-3-5-8-16)12-14-24-21-15-17(22)10-11-20(19)21/h3-5,7-11,15,18H,6,12-14H2,1-2H3/b19-9+. The lowest BCUT2D eigenvalue weighted by atomic mass is 9.84. The summed E-state index contributed by atoms with van der Waals surface area (Å²) >= 11 is 6.17. The molecule has 0 N–H and O–H groups in total. The number of nitrogens with zero attached hydrogens (tertiary/aromatic N) is 1. The van der Waals surface area contributed by atoms with Crippen LogP contribution < -0.4 is 4.74 Å². The minimum absolute atomic E-state index is 0.357. The molecule has 1 unspecified atom stereocenters. The second-order valence-corrected chi connectivity index (χ2v) is 6.93. The maximum atomic E-state index is 6.17. The molecule has 0 fully saturated rings. The summed E-state index contributed by atoms with van der Waals surface area (Å²) in [4.78, 5) is 2.21. The minimum atomic E-state index is 0.357. The molecule has 2 aromatic carbocycles. The minimum Gasteiger partial charge on any atom is -0.493 e. The van der Waals surface area contributed by atoms with E-state index in [9.17, 15) is 0 Å². The fourth-order valence-corrected chi connectivity index (χ4v) is 3.41. The summed E-state index contributed by atoms with van der Waals surface area (Å²) in [6.45, 7) is 1.74. The SMILES string of the molecule is CN(C)CC/C=C1/c2ccc(Cl)cc2OCCC1c1ccccc1. The average molecular weight is 342 g/mol. The molecule has 1 heterocycles. The zero-order chi connectivity index (χ0) is 16.9. The van der Waals surface area contributed by atoms with Gasteiger partial charge in [-0.3, -0.25) is 0 Å². The molecule has 0 aliphatic carbocycles. The first-order valence-electron chi connectivity index (χ1n) is 8.47. The highest BCUT2D eigenvalue weighted by molar-refractivity contribution is 6.30. The number of halogens is 1. The number of hydrogen-bond acceptors (Lipinski definition) is 2. The third-order valence-corrected chi connectivity index (χ3v) is 4.67. The van der Waals surface area contributed by atoms with E-state index in [0.717, 1.165) is 30.2 Å². The van der Waals surface area contributed by atoms with Gasteiger partial charge in [0.2, 0.25) is 0 Å². The van der Waals surface area contributed by atoms with Gasteiger partial charge in [-0.05, 0) is 56.3 Å². The first-order valence-corrected chi connectivity index (χ1v) is 8.85. The van der Waals surface area contributed by atoms with Crippen LogP contribution in [0.5, 0.6) is 5.75 Å². The van der Waals surface area contributed by atoms with Gasteiger partial charge >= 0.3 is 0 Å². The Morgan fingerprint density at radius 3 is 2.71 bits per heavy atom. The van der Waals surface area contributed by atoms with E-state index in [4.69, 9.17) is 16.3 Å². The summed E-state index contributed by atoms with van der Waals surface area (Å²) < 4.78 is 6.00. The van der Waals surface area contributed by atoms with Crippen molar-refractivity contribution in [2.24, 2.45) is 0 Å². The Morgan fingerprint density at radius 2 is 1.96 bits per heavy atom. The van der Waals surface area contributed by atoms with Crippen molar-refractivity contribution in [3.8, 4) is 5.75 Å². The van der Waals surface area contributed by atoms with Crippen LogP contribution in [0.15, 0.2) is 54.6 Å². The van der Waals surface area contributed by atoms with Crippen molar-refractivity contribution >= 4 is 17.2 Å². The Kier molecular flexibility index (Phi) is 5.60. The van der Waals surface area contributed by atoms with Gasteiger partial charge in [-0.25, -0.2) is 0 Å². The molecule has 1 aliphatic heterocycles. The topological polar surface area (TPSA) is 12.5 Å². The quantitative estimate of drug-likeness (QED) is 0.753. The zero-order valence-electron chi connectivity index (χ0n) is 14.3. The molecule has 0 spiro atoms. The molecule has 24 heavy (non-hydrogen) atoms. The number of benzene rings is 2. The second-order valence-electron chi connectivity index (χ2n) is 6.49. The van der Waals surface area contributed by atoms with Gasteiger partial charge < -0.3 is 9.64 Å². The first kappa shape index (κ1) is 17.1. The summed E-state index contributed by atoms with van der Waals surface area (Å²) in [6.07, 6.45) is 4.37. The lowest BCUT2D eigenvalue weighted by Gasteiger charge is -2.19. The molecule has 3 rings (SSSR count). The first-order chi connectivity index (χ1) is 11.6. The largest absolute Gasteiger partial charge is 0.493 e. The molecule has 0 saturated carbocycles. The summed E-state index contributed by atoms with van der Waals surface area (Å²) in [6, 6.07) is 16.7. The second kappa shape index (κ2) is 7.87. The van der Waals surface area contributed by atoms with Crippen molar-refractivity contribution < 1.29 is 4.74 Å². The lowest BCUT2D eigenvalue weighted by molar-refractivity contribution is 0.312. The van der Waals surface area contributed by atoms with E-state index in [1.54, 1.807) is 0 Å². The highest BCUT2D eigenvalue weighted by Gasteiger charge is 2.24. The molecule has 1 atom stereocenters. The van der Waals surface area contributed by atoms with Crippen molar-refractivity contribution in [3.63, 3.8) is 0 Å². The van der Waals surface area contributed by atoms with Crippen molar-refractivity contribution in [2.45, 2.75) is 18.8 Å². The molecule has 3 heteroatoms. The molecule has 0 amide bonds. The van der Waals surface area contributed by atoms with Crippen LogP contribution in [-0.2, 0) is 0 Å². The smallest absolute Gasteiger partial charge is 0.128 e. The van der Waals surface area contributed by atoms with Gasteiger partial charge in [-0.2, -0.15) is 0 Å². The van der Waals surface area contributed by atoms with Crippen molar-refractivity contribution in [1.29, 1.82) is 0 Å². The van der Waals surface area contributed by atoms with Crippen LogP contribution in [0, 0.1) is 0 Å². The van der Waals surface area contributed by atoms with Crippen LogP contribution in [0.2, 0.25) is 5.02 Å². The third-order valence-electron chi connectivity index (χ3n) is 4.44. The fraction of sp³-hybridized carbons (Fsp3) is 0.333. The molecule has 0 aromatic heterocycles. The number of fused-ring (bicyclic) bond motifs is 1. The van der Waals surface area contributed by atoms with Crippen LogP contribution >= 0.6 is 11.6 Å². The molecule has 0 saturated heterocycles. The van der Waals surface area contributed by atoms with E-state index in [1.165, 1.54) is 16.7 Å². The summed E-state index contributed by atoms with van der Waals surface area (Å²) in [5.74, 6) is 1.26. The van der Waals surface area contributed by atoms with Crippen molar-refractivity contribution in [2.75, 3.05) is 27.2 Å². The molecule has 2 nitrogen and oxygen atoms in total. The van der Waals surface area contributed by atoms with Gasteiger partial charge in [-0.15, -0.1) is 0 Å². The van der Waals surface area contributed by atoms with Crippen LogP contribution in [-0.4, -0.2) is 32.1 Å². The molecule has 126 valence electrons. The molecule has 2 aromatic rings. The number of hydrogen-bond donors (Lipinski definition) is 0. The molecule has 0 radical (unpaired) electrons. The zero-order valence-corrected chi connectivity index (χ0v) is 15.1. The van der Waals surface area contributed by atoms with Gasteiger partial charge in [0, 0.05) is 23.0 Å². The fourth-order valence-electron chi connectivity index (χ4n) is 3.25. The van der Waals surface area contributed by atoms with Gasteiger partial charge in [0.05, 0.1) is 6.61 Å². The Balaban J connectivity index is 2.02. The third kappa shape index (κ3) is 4.00. The lowest BCUT2D eigenvalue weighted by Crippen LogP contribution is -2.12. The molecule has 0 bridgehead atoms. The predicted octanol–water partition coefficient (Wildman–Crippen LogP) is 5.24. The summed E-state index contributed by atoms with van der Waals surface area (Å²) in [5.41, 5.74) is 3.87. The Labute approximate surface area is 149 Å². The molecular weight excluding hydrogens is 318 g/mol. The summed E-state index contributed by atoms with van der Waals surface area (Å²) in [5, 5.41) is 0.722. The normalized spacial score (nSPS) is 19.0. The van der Waals surface area contributed by atoms with Crippen LogP contribution in [0.1, 0.15) is 29.9 Å². The van der Waals surface area contributed by atoms with Crippen LogP contribution in [0.3, 0.4) is 0 Å². The van der Waals surface area contributed by atoms with E-state index in [-0.39, 0.29) is 0 Å². The van der Waals surface area contributed by atoms with Crippen LogP contribution in [0.25, 0.3) is 5.57 Å². The average Bonchev–Trinajstić information content (AvgIpc) is 2.74. The van der Waals surface area contributed by atoms with E-state index in [1.807, 2.05) is 12.1 Å².